The van der Waals surface area contributed by atoms with Crippen molar-refractivity contribution < 1.29 is 18.0 Å². The molecular weight excluding hydrogens is 495 g/mol. The summed E-state index contributed by atoms with van der Waals surface area (Å²) in [5.41, 5.74) is -0.522. The summed E-state index contributed by atoms with van der Waals surface area (Å²) in [5.74, 6) is 0. The van der Waals surface area contributed by atoms with E-state index in [1.165, 1.54) is 28.6 Å². The predicted octanol–water partition coefficient (Wildman–Crippen LogP) is 6.84. The van der Waals surface area contributed by atoms with Crippen molar-refractivity contribution in [1.29, 1.82) is 0 Å². The molecule has 0 unspecified atom stereocenters. The van der Waals surface area contributed by atoms with Crippen molar-refractivity contribution in [3.8, 4) is 5.69 Å². The van der Waals surface area contributed by atoms with Gasteiger partial charge in [0, 0.05) is 23.0 Å². The Balaban J connectivity index is 1.47. The molecule has 170 valence electrons. The van der Waals surface area contributed by atoms with Crippen LogP contribution >= 0.6 is 35.3 Å². The molecule has 11 heteroatoms. The van der Waals surface area contributed by atoms with Crippen molar-refractivity contribution >= 4 is 57.8 Å². The van der Waals surface area contributed by atoms with Crippen molar-refractivity contribution in [2.45, 2.75) is 12.6 Å². The number of amides is 2. The maximum atomic E-state index is 13.0. The normalized spacial score (nSPS) is 13.9. The first kappa shape index (κ1) is 23.3. The molecule has 0 spiro atoms. The first-order chi connectivity index (χ1) is 15.7. The highest BCUT2D eigenvalue weighted by Crippen LogP contribution is 2.38. The molecule has 0 fully saturated rings. The number of pyridine rings is 1. The molecule has 4 rings (SSSR count). The summed E-state index contributed by atoms with van der Waals surface area (Å²) < 4.78 is 44.5. The zero-order chi connectivity index (χ0) is 23.6. The topological polar surface area (TPSA) is 63.1 Å². The van der Waals surface area contributed by atoms with Gasteiger partial charge in [-0.1, -0.05) is 41.6 Å². The van der Waals surface area contributed by atoms with Gasteiger partial charge in [0.15, 0.2) is 0 Å². The minimum atomic E-state index is -4.54. The van der Waals surface area contributed by atoms with E-state index >= 15 is 0 Å². The van der Waals surface area contributed by atoms with Crippen LogP contribution in [0.5, 0.6) is 0 Å². The average Bonchev–Trinajstić information content (AvgIpc) is 2.78. The number of carbonyl (C=O) groups excluding carboxylic acids is 1. The third-order valence-electron chi connectivity index (χ3n) is 4.64. The van der Waals surface area contributed by atoms with E-state index in [2.05, 4.69) is 10.0 Å². The SMILES string of the molecule is O=C(NSC1=CCC=C(Cl)S1)Nc1ccc(-n2ccc3ccc(C(F)(F)F)cc3c2=O)cc1. The number of benzene rings is 2. The minimum absolute atomic E-state index is 0.0317. The summed E-state index contributed by atoms with van der Waals surface area (Å²) in [6, 6.07) is 10.6. The highest BCUT2D eigenvalue weighted by molar-refractivity contribution is 8.24. The summed E-state index contributed by atoms with van der Waals surface area (Å²) in [6.45, 7) is 0. The zero-order valence-corrected chi connectivity index (χ0v) is 19.0. The number of alkyl halides is 3. The molecule has 2 aromatic carbocycles. The summed E-state index contributed by atoms with van der Waals surface area (Å²) in [6.07, 6.45) is 1.47. The fraction of sp³-hybridized carbons (Fsp3) is 0.0909. The van der Waals surface area contributed by atoms with Gasteiger partial charge in [-0.2, -0.15) is 13.2 Å². The number of fused-ring (bicyclic) bond motifs is 1. The van der Waals surface area contributed by atoms with E-state index in [1.807, 2.05) is 12.2 Å². The molecule has 2 N–H and O–H groups in total. The molecule has 1 aromatic heterocycles. The van der Waals surface area contributed by atoms with Crippen molar-refractivity contribution in [2.75, 3.05) is 5.32 Å². The van der Waals surface area contributed by atoms with Gasteiger partial charge in [-0.3, -0.25) is 14.1 Å². The van der Waals surface area contributed by atoms with Crippen LogP contribution < -0.4 is 15.6 Å². The van der Waals surface area contributed by atoms with Crippen LogP contribution in [0.2, 0.25) is 0 Å². The van der Waals surface area contributed by atoms with Gasteiger partial charge in [-0.05, 0) is 66.2 Å². The summed E-state index contributed by atoms with van der Waals surface area (Å²) in [5, 5.41) is 3.06. The van der Waals surface area contributed by atoms with E-state index in [0.29, 0.717) is 27.5 Å². The van der Waals surface area contributed by atoms with Gasteiger partial charge < -0.3 is 5.32 Å². The van der Waals surface area contributed by atoms with Gasteiger partial charge in [0.25, 0.3) is 5.56 Å². The summed E-state index contributed by atoms with van der Waals surface area (Å²) in [4.78, 5) is 25.0. The smallest absolute Gasteiger partial charge is 0.307 e. The van der Waals surface area contributed by atoms with Crippen molar-refractivity contribution in [1.82, 2.24) is 9.29 Å². The lowest BCUT2D eigenvalue weighted by Crippen LogP contribution is -2.23. The maximum absolute atomic E-state index is 13.0. The van der Waals surface area contributed by atoms with Crippen LogP contribution in [-0.2, 0) is 6.18 Å². The van der Waals surface area contributed by atoms with Crippen molar-refractivity contribution in [2.24, 2.45) is 0 Å². The maximum Gasteiger partial charge on any atom is 0.416 e. The van der Waals surface area contributed by atoms with Gasteiger partial charge in [-0.25, -0.2) is 4.79 Å². The molecule has 0 saturated carbocycles. The standard InChI is InChI=1S/C22H15ClF3N3O2S2/c23-18-2-1-3-19(32-18)33-28-21(31)27-15-6-8-16(9-7-15)29-11-10-13-4-5-14(22(24,25)26)12-17(13)20(29)30/h2-12H,1H2,(H2,27,28,31). The molecule has 0 bridgehead atoms. The zero-order valence-electron chi connectivity index (χ0n) is 16.7. The molecule has 5 nitrogen and oxygen atoms in total. The molecule has 1 aliphatic rings. The van der Waals surface area contributed by atoms with E-state index in [0.717, 1.165) is 28.3 Å². The number of hydrogen-bond acceptors (Lipinski definition) is 4. The van der Waals surface area contributed by atoms with E-state index in [9.17, 15) is 22.8 Å². The second kappa shape index (κ2) is 9.58. The third kappa shape index (κ3) is 5.58. The number of nitrogens with one attached hydrogen (secondary N) is 2. The van der Waals surface area contributed by atoms with Crippen molar-refractivity contribution in [3.63, 3.8) is 0 Å². The lowest BCUT2D eigenvalue weighted by atomic mass is 10.1. The third-order valence-corrected chi connectivity index (χ3v) is 6.91. The highest BCUT2D eigenvalue weighted by atomic mass is 35.5. The highest BCUT2D eigenvalue weighted by Gasteiger charge is 2.30. The minimum Gasteiger partial charge on any atom is -0.307 e. The molecule has 1 aliphatic heterocycles. The molecule has 0 saturated heterocycles. The molecule has 33 heavy (non-hydrogen) atoms. The first-order valence-corrected chi connectivity index (χ1v) is 11.5. The number of anilines is 1. The van der Waals surface area contributed by atoms with Crippen LogP contribution in [0, 0.1) is 0 Å². The number of rotatable bonds is 4. The number of thioether (sulfide) groups is 1. The summed E-state index contributed by atoms with van der Waals surface area (Å²) >= 11 is 8.46. The van der Waals surface area contributed by atoms with Gasteiger partial charge in [0.1, 0.15) is 0 Å². The van der Waals surface area contributed by atoms with Crippen LogP contribution in [0.1, 0.15) is 12.0 Å². The van der Waals surface area contributed by atoms with Crippen LogP contribution in [0.4, 0.5) is 23.7 Å². The summed E-state index contributed by atoms with van der Waals surface area (Å²) in [7, 11) is 0. The molecule has 2 amide bonds. The number of nitrogens with zero attached hydrogens (tertiary/aromatic N) is 1. The second-order valence-corrected chi connectivity index (χ2v) is 9.69. The fourth-order valence-electron chi connectivity index (χ4n) is 3.07. The molecule has 0 aliphatic carbocycles. The van der Waals surface area contributed by atoms with Gasteiger partial charge in [0.2, 0.25) is 0 Å². The van der Waals surface area contributed by atoms with Gasteiger partial charge in [-0.15, -0.1) is 0 Å². The first-order valence-electron chi connectivity index (χ1n) is 9.51. The van der Waals surface area contributed by atoms with Gasteiger partial charge in [0.05, 0.1) is 14.2 Å². The van der Waals surface area contributed by atoms with Crippen LogP contribution in [-0.4, -0.2) is 10.6 Å². The number of halogens is 4. The Morgan fingerprint density at radius 2 is 1.85 bits per heavy atom. The molecule has 3 aromatic rings. The van der Waals surface area contributed by atoms with E-state index in [1.54, 1.807) is 30.3 Å². The quantitative estimate of drug-likeness (QED) is 0.378. The molecule has 0 radical (unpaired) electrons. The largest absolute Gasteiger partial charge is 0.416 e. The molecule has 0 atom stereocenters. The predicted molar refractivity (Wildman–Crippen MR) is 129 cm³/mol. The monoisotopic (exact) mass is 509 g/mol. The number of carbonyl (C=O) groups is 1. The van der Waals surface area contributed by atoms with Gasteiger partial charge >= 0.3 is 12.2 Å². The van der Waals surface area contributed by atoms with Crippen molar-refractivity contribution in [3.05, 3.63) is 91.4 Å². The number of allylic oxidation sites excluding steroid dienone is 2. The Morgan fingerprint density at radius 3 is 2.55 bits per heavy atom. The fourth-order valence-corrected chi connectivity index (χ4v) is 5.08. The molecule has 2 heterocycles. The van der Waals surface area contributed by atoms with E-state index in [-0.39, 0.29) is 5.39 Å². The Morgan fingerprint density at radius 1 is 1.09 bits per heavy atom. The van der Waals surface area contributed by atoms with E-state index < -0.39 is 23.3 Å². The Kier molecular flexibility index (Phi) is 6.78. The average molecular weight is 510 g/mol. The number of aromatic nitrogens is 1. The van der Waals surface area contributed by atoms with Crippen LogP contribution in [0.3, 0.4) is 0 Å². The number of hydrogen-bond donors (Lipinski definition) is 2. The Hall–Kier alpha value is -2.82. The lowest BCUT2D eigenvalue weighted by Gasteiger charge is -2.12. The van der Waals surface area contributed by atoms with Crippen LogP contribution in [0.15, 0.2) is 80.3 Å². The second-order valence-electron chi connectivity index (χ2n) is 6.86. The number of urea groups is 1. The Bertz CT molecular complexity index is 1340. The lowest BCUT2D eigenvalue weighted by molar-refractivity contribution is -0.137. The Labute approximate surface area is 199 Å². The van der Waals surface area contributed by atoms with E-state index in [4.69, 9.17) is 11.6 Å². The molecular formula is C22H15ClF3N3O2S2. The van der Waals surface area contributed by atoms with Crippen LogP contribution in [0.25, 0.3) is 16.5 Å².